The van der Waals surface area contributed by atoms with Crippen molar-refractivity contribution in [3.05, 3.63) is 35.9 Å². The van der Waals surface area contributed by atoms with Crippen molar-refractivity contribution in [2.45, 2.75) is 12.5 Å². The predicted molar refractivity (Wildman–Crippen MR) is 60.5 cm³/mol. The van der Waals surface area contributed by atoms with Crippen molar-refractivity contribution < 1.29 is 4.79 Å². The first kappa shape index (κ1) is 11.3. The molecule has 0 heterocycles. The van der Waals surface area contributed by atoms with Gasteiger partial charge in [-0.25, -0.2) is 0 Å². The van der Waals surface area contributed by atoms with Crippen LogP contribution < -0.4 is 11.5 Å². The largest absolute Gasteiger partial charge is 0.326 e. The van der Waals surface area contributed by atoms with Crippen LogP contribution in [0.2, 0.25) is 0 Å². The minimum atomic E-state index is -0.403. The number of rotatable bonds is 5. The molecule has 0 aliphatic heterocycles. The topological polar surface area (TPSA) is 69.1 Å². The van der Waals surface area contributed by atoms with Crippen molar-refractivity contribution in [1.29, 1.82) is 0 Å². The molecule has 0 amide bonds. The van der Waals surface area contributed by atoms with E-state index in [4.69, 9.17) is 11.5 Å². The van der Waals surface area contributed by atoms with E-state index in [-0.39, 0.29) is 14.1 Å². The van der Waals surface area contributed by atoms with Crippen molar-refractivity contribution in [2.75, 3.05) is 6.29 Å². The summed E-state index contributed by atoms with van der Waals surface area (Å²) in [6.07, 6.45) is 1.01. The summed E-state index contributed by atoms with van der Waals surface area (Å²) in [6.45, 7) is 0. The standard InChI is InChI=1S/C10H15N2OP/c11-7-14-10(13)9(12)6-8-4-2-1-3-5-8/h1-5,9,14H,6-7,11-12H2/t9-/m0/s1. The van der Waals surface area contributed by atoms with E-state index < -0.39 is 6.04 Å². The zero-order valence-electron chi connectivity index (χ0n) is 7.94. The highest BCUT2D eigenvalue weighted by atomic mass is 31.1. The summed E-state index contributed by atoms with van der Waals surface area (Å²) in [7, 11) is 0.135. The first-order valence-corrected chi connectivity index (χ1v) is 5.72. The van der Waals surface area contributed by atoms with Crippen molar-refractivity contribution in [2.24, 2.45) is 11.5 Å². The van der Waals surface area contributed by atoms with Crippen LogP contribution in [0, 0.1) is 0 Å². The van der Waals surface area contributed by atoms with Crippen molar-refractivity contribution in [3.8, 4) is 0 Å². The second-order valence-electron chi connectivity index (χ2n) is 3.04. The highest BCUT2D eigenvalue weighted by Crippen LogP contribution is 2.12. The zero-order chi connectivity index (χ0) is 10.4. The predicted octanol–water partition coefficient (Wildman–Crippen LogP) is 0.678. The average Bonchev–Trinajstić information content (AvgIpc) is 2.19. The van der Waals surface area contributed by atoms with Gasteiger partial charge < -0.3 is 11.5 Å². The van der Waals surface area contributed by atoms with Crippen molar-refractivity contribution >= 4 is 14.1 Å². The lowest BCUT2D eigenvalue weighted by atomic mass is 10.1. The van der Waals surface area contributed by atoms with Crippen LogP contribution in [-0.2, 0) is 11.2 Å². The Morgan fingerprint density at radius 1 is 1.36 bits per heavy atom. The average molecular weight is 210 g/mol. The maximum Gasteiger partial charge on any atom is 0.169 e. The molecule has 1 rings (SSSR count). The van der Waals surface area contributed by atoms with Gasteiger partial charge in [0.25, 0.3) is 0 Å². The Balaban J connectivity index is 2.49. The molecule has 0 fully saturated rings. The summed E-state index contributed by atoms with van der Waals surface area (Å²) >= 11 is 0. The summed E-state index contributed by atoms with van der Waals surface area (Å²) in [5, 5.41) is 0. The van der Waals surface area contributed by atoms with Crippen LogP contribution in [0.4, 0.5) is 0 Å². The molecule has 1 aromatic rings. The van der Waals surface area contributed by atoms with Crippen molar-refractivity contribution in [3.63, 3.8) is 0 Å². The molecular formula is C10H15N2OP. The quantitative estimate of drug-likeness (QED) is 0.702. The van der Waals surface area contributed by atoms with Crippen LogP contribution >= 0.6 is 8.58 Å². The van der Waals surface area contributed by atoms with Gasteiger partial charge in [0.05, 0.1) is 6.04 Å². The molecule has 1 unspecified atom stereocenters. The molecule has 1 aromatic carbocycles. The summed E-state index contributed by atoms with van der Waals surface area (Å²) in [6, 6.07) is 9.37. The number of benzene rings is 1. The maximum absolute atomic E-state index is 11.4. The Morgan fingerprint density at radius 3 is 2.57 bits per heavy atom. The number of hydrogen-bond acceptors (Lipinski definition) is 3. The van der Waals surface area contributed by atoms with Crippen LogP contribution in [0.3, 0.4) is 0 Å². The normalized spacial score (nSPS) is 13.3. The number of hydrogen-bond donors (Lipinski definition) is 2. The van der Waals surface area contributed by atoms with E-state index in [0.717, 1.165) is 5.56 Å². The molecule has 0 aromatic heterocycles. The highest BCUT2D eigenvalue weighted by Gasteiger charge is 2.12. The van der Waals surface area contributed by atoms with E-state index in [9.17, 15) is 4.79 Å². The van der Waals surface area contributed by atoms with Gasteiger partial charge in [0.2, 0.25) is 0 Å². The van der Waals surface area contributed by atoms with E-state index in [0.29, 0.717) is 12.7 Å². The zero-order valence-corrected chi connectivity index (χ0v) is 8.94. The molecule has 0 radical (unpaired) electrons. The Bertz CT molecular complexity index is 289. The minimum absolute atomic E-state index is 0.0661. The molecule has 76 valence electrons. The number of nitrogens with two attached hydrogens (primary N) is 2. The molecule has 14 heavy (non-hydrogen) atoms. The molecule has 0 spiro atoms. The third-order valence-electron chi connectivity index (χ3n) is 1.91. The summed E-state index contributed by atoms with van der Waals surface area (Å²) in [5.41, 5.74) is 12.2. The van der Waals surface area contributed by atoms with Gasteiger partial charge in [-0.15, -0.1) is 0 Å². The molecular weight excluding hydrogens is 195 g/mol. The molecule has 4 heteroatoms. The molecule has 3 nitrogen and oxygen atoms in total. The molecule has 0 aliphatic carbocycles. The van der Waals surface area contributed by atoms with Gasteiger partial charge >= 0.3 is 0 Å². The highest BCUT2D eigenvalue weighted by molar-refractivity contribution is 7.58. The molecule has 0 aliphatic rings. The molecule has 0 bridgehead atoms. The Morgan fingerprint density at radius 2 is 2.00 bits per heavy atom. The fourth-order valence-electron chi connectivity index (χ4n) is 1.19. The van der Waals surface area contributed by atoms with Crippen LogP contribution in [0.25, 0.3) is 0 Å². The van der Waals surface area contributed by atoms with Gasteiger partial charge in [0.1, 0.15) is 0 Å². The summed E-state index contributed by atoms with van der Waals surface area (Å²) in [5.74, 6) is 0. The molecule has 4 N–H and O–H groups in total. The van der Waals surface area contributed by atoms with Crippen molar-refractivity contribution in [1.82, 2.24) is 0 Å². The van der Waals surface area contributed by atoms with E-state index in [2.05, 4.69) is 0 Å². The fraction of sp³-hybridized carbons (Fsp3) is 0.300. The van der Waals surface area contributed by atoms with Gasteiger partial charge in [-0.1, -0.05) is 30.3 Å². The maximum atomic E-state index is 11.4. The first-order valence-electron chi connectivity index (χ1n) is 4.51. The van der Waals surface area contributed by atoms with Crippen LogP contribution in [0.5, 0.6) is 0 Å². The van der Waals surface area contributed by atoms with Crippen LogP contribution in [0.1, 0.15) is 5.56 Å². The summed E-state index contributed by atoms with van der Waals surface area (Å²) < 4.78 is 0. The minimum Gasteiger partial charge on any atom is -0.326 e. The lowest BCUT2D eigenvalue weighted by molar-refractivity contribution is -0.112. The number of carbonyl (C=O) groups is 1. The lowest BCUT2D eigenvalue weighted by Gasteiger charge is -2.09. The smallest absolute Gasteiger partial charge is 0.169 e. The number of carbonyl (C=O) groups excluding carboxylic acids is 1. The van der Waals surface area contributed by atoms with E-state index >= 15 is 0 Å². The van der Waals surface area contributed by atoms with Gasteiger partial charge in [-0.2, -0.15) is 0 Å². The Kier molecular flexibility index (Phi) is 4.74. The molecule has 0 saturated carbocycles. The lowest BCUT2D eigenvalue weighted by Crippen LogP contribution is -2.30. The van der Waals surface area contributed by atoms with Gasteiger partial charge in [-0.05, 0) is 20.6 Å². The Hall–Kier alpha value is -0.760. The van der Waals surface area contributed by atoms with Gasteiger partial charge in [0, 0.05) is 6.29 Å². The first-order chi connectivity index (χ1) is 6.74. The third-order valence-corrected chi connectivity index (χ3v) is 2.83. The van der Waals surface area contributed by atoms with Crippen LogP contribution in [-0.4, -0.2) is 17.9 Å². The molecule has 0 saturated heterocycles. The van der Waals surface area contributed by atoms with Gasteiger partial charge in [0.15, 0.2) is 5.52 Å². The van der Waals surface area contributed by atoms with E-state index in [1.54, 1.807) is 0 Å². The summed E-state index contributed by atoms with van der Waals surface area (Å²) in [4.78, 5) is 11.4. The van der Waals surface area contributed by atoms with Crippen LogP contribution in [0.15, 0.2) is 30.3 Å². The van der Waals surface area contributed by atoms with E-state index in [1.807, 2.05) is 30.3 Å². The molecule has 2 atom stereocenters. The monoisotopic (exact) mass is 210 g/mol. The third kappa shape index (κ3) is 3.54. The van der Waals surface area contributed by atoms with Gasteiger partial charge in [-0.3, -0.25) is 4.79 Å². The SMILES string of the molecule is NCPC(=O)[C@@H](N)Cc1ccccc1. The second kappa shape index (κ2) is 5.86. The van der Waals surface area contributed by atoms with E-state index in [1.165, 1.54) is 0 Å². The second-order valence-corrected chi connectivity index (χ2v) is 4.30. The Labute approximate surface area is 85.6 Å². The fourth-order valence-corrected chi connectivity index (χ4v) is 1.76.